The van der Waals surface area contributed by atoms with Gasteiger partial charge in [-0.1, -0.05) is 35.9 Å². The maximum atomic E-state index is 12.1. The predicted molar refractivity (Wildman–Crippen MR) is 83.6 cm³/mol. The molecule has 0 saturated carbocycles. The SMILES string of the molecule is O=C(Nc1c(O)c2c(Cl)cccc2oc1=O)c1ccccc1. The Morgan fingerprint density at radius 2 is 1.82 bits per heavy atom. The molecule has 0 radical (unpaired) electrons. The lowest BCUT2D eigenvalue weighted by molar-refractivity contribution is 0.102. The molecule has 1 heterocycles. The Hall–Kier alpha value is -2.79. The van der Waals surface area contributed by atoms with Gasteiger partial charge < -0.3 is 14.8 Å². The Morgan fingerprint density at radius 1 is 1.09 bits per heavy atom. The molecule has 0 aliphatic carbocycles. The highest BCUT2D eigenvalue weighted by Gasteiger charge is 2.18. The molecule has 2 aromatic carbocycles. The van der Waals surface area contributed by atoms with Crippen molar-refractivity contribution in [1.29, 1.82) is 0 Å². The number of carbonyl (C=O) groups is 1. The van der Waals surface area contributed by atoms with Crippen LogP contribution in [0, 0.1) is 0 Å². The number of hydrogen-bond donors (Lipinski definition) is 2. The Bertz CT molecular complexity index is 919. The van der Waals surface area contributed by atoms with E-state index in [9.17, 15) is 14.7 Å². The van der Waals surface area contributed by atoms with E-state index in [0.717, 1.165) is 0 Å². The molecule has 3 rings (SSSR count). The zero-order valence-electron chi connectivity index (χ0n) is 11.2. The first-order valence-corrected chi connectivity index (χ1v) is 6.76. The van der Waals surface area contributed by atoms with Gasteiger partial charge in [0.1, 0.15) is 5.58 Å². The molecule has 2 N–H and O–H groups in total. The second-order valence-electron chi connectivity index (χ2n) is 4.55. The number of benzene rings is 2. The zero-order valence-corrected chi connectivity index (χ0v) is 11.9. The molecule has 0 unspecified atom stereocenters. The molecule has 1 aromatic heterocycles. The third-order valence-corrected chi connectivity index (χ3v) is 3.45. The number of nitrogens with one attached hydrogen (secondary N) is 1. The van der Waals surface area contributed by atoms with Gasteiger partial charge in [0, 0.05) is 5.56 Å². The first-order chi connectivity index (χ1) is 10.6. The molecule has 0 saturated heterocycles. The average Bonchev–Trinajstić information content (AvgIpc) is 2.52. The maximum absolute atomic E-state index is 12.1. The molecular weight excluding hydrogens is 306 g/mol. The van der Waals surface area contributed by atoms with Gasteiger partial charge in [-0.05, 0) is 24.3 Å². The molecule has 110 valence electrons. The molecule has 0 bridgehead atoms. The van der Waals surface area contributed by atoms with Gasteiger partial charge in [0.15, 0.2) is 11.4 Å². The Labute approximate surface area is 129 Å². The highest BCUT2D eigenvalue weighted by Crippen LogP contribution is 2.34. The van der Waals surface area contributed by atoms with Gasteiger partial charge in [-0.15, -0.1) is 0 Å². The Morgan fingerprint density at radius 3 is 2.55 bits per heavy atom. The second kappa shape index (κ2) is 5.54. The van der Waals surface area contributed by atoms with Gasteiger partial charge in [0.25, 0.3) is 5.91 Å². The van der Waals surface area contributed by atoms with Gasteiger partial charge in [-0.25, -0.2) is 4.79 Å². The number of rotatable bonds is 2. The number of anilines is 1. The maximum Gasteiger partial charge on any atom is 0.364 e. The van der Waals surface area contributed by atoms with Crippen molar-refractivity contribution in [1.82, 2.24) is 0 Å². The third-order valence-electron chi connectivity index (χ3n) is 3.13. The molecule has 0 spiro atoms. The molecule has 0 aliphatic heterocycles. The van der Waals surface area contributed by atoms with Crippen LogP contribution >= 0.6 is 11.6 Å². The summed E-state index contributed by atoms with van der Waals surface area (Å²) in [6.07, 6.45) is 0. The lowest BCUT2D eigenvalue weighted by Crippen LogP contribution is -2.18. The average molecular weight is 316 g/mol. The van der Waals surface area contributed by atoms with Crippen LogP contribution in [-0.4, -0.2) is 11.0 Å². The van der Waals surface area contributed by atoms with Crippen LogP contribution in [0.4, 0.5) is 5.69 Å². The highest BCUT2D eigenvalue weighted by molar-refractivity contribution is 6.36. The Kier molecular flexibility index (Phi) is 3.56. The lowest BCUT2D eigenvalue weighted by atomic mass is 10.2. The monoisotopic (exact) mass is 315 g/mol. The number of fused-ring (bicyclic) bond motifs is 1. The largest absolute Gasteiger partial charge is 0.505 e. The van der Waals surface area contributed by atoms with E-state index in [-0.39, 0.29) is 21.7 Å². The van der Waals surface area contributed by atoms with E-state index >= 15 is 0 Å². The third kappa shape index (κ3) is 2.42. The summed E-state index contributed by atoms with van der Waals surface area (Å²) in [5.74, 6) is -0.948. The molecule has 0 fully saturated rings. The van der Waals surface area contributed by atoms with Crippen LogP contribution in [-0.2, 0) is 0 Å². The minimum Gasteiger partial charge on any atom is -0.505 e. The fraction of sp³-hybridized carbons (Fsp3) is 0. The fourth-order valence-electron chi connectivity index (χ4n) is 2.08. The van der Waals surface area contributed by atoms with Crippen molar-refractivity contribution in [2.45, 2.75) is 0 Å². The quantitative estimate of drug-likeness (QED) is 0.710. The number of aromatic hydroxyl groups is 1. The van der Waals surface area contributed by atoms with Crippen molar-refractivity contribution in [2.75, 3.05) is 5.32 Å². The van der Waals surface area contributed by atoms with Crippen LogP contribution in [0.5, 0.6) is 5.75 Å². The topological polar surface area (TPSA) is 79.5 Å². The molecular formula is C16H10ClNO4. The van der Waals surface area contributed by atoms with Gasteiger partial charge >= 0.3 is 5.63 Å². The van der Waals surface area contributed by atoms with Crippen molar-refractivity contribution < 1.29 is 14.3 Å². The van der Waals surface area contributed by atoms with Crippen LogP contribution in [0.25, 0.3) is 11.0 Å². The first kappa shape index (κ1) is 14.2. The summed E-state index contributed by atoms with van der Waals surface area (Å²) in [7, 11) is 0. The van der Waals surface area contributed by atoms with Crippen LogP contribution in [0.3, 0.4) is 0 Å². The van der Waals surface area contributed by atoms with E-state index in [0.29, 0.717) is 5.56 Å². The van der Waals surface area contributed by atoms with Crippen molar-refractivity contribution >= 4 is 34.2 Å². The number of halogens is 1. The summed E-state index contributed by atoms with van der Waals surface area (Å²) in [5, 5.41) is 13.0. The van der Waals surface area contributed by atoms with Gasteiger partial charge in [-0.3, -0.25) is 4.79 Å². The zero-order chi connectivity index (χ0) is 15.7. The van der Waals surface area contributed by atoms with E-state index in [1.165, 1.54) is 6.07 Å². The first-order valence-electron chi connectivity index (χ1n) is 6.38. The molecule has 6 heteroatoms. The number of carbonyl (C=O) groups excluding carboxylic acids is 1. The van der Waals surface area contributed by atoms with Gasteiger partial charge in [0.2, 0.25) is 0 Å². The minimum atomic E-state index is -0.850. The molecule has 5 nitrogen and oxygen atoms in total. The smallest absolute Gasteiger partial charge is 0.364 e. The summed E-state index contributed by atoms with van der Waals surface area (Å²) in [4.78, 5) is 24.1. The molecule has 0 aliphatic rings. The van der Waals surface area contributed by atoms with Crippen LogP contribution in [0.1, 0.15) is 10.4 Å². The van der Waals surface area contributed by atoms with Gasteiger partial charge in [0.05, 0.1) is 10.4 Å². The summed E-state index contributed by atoms with van der Waals surface area (Å²) in [6.45, 7) is 0. The van der Waals surface area contributed by atoms with Crippen molar-refractivity contribution in [3.8, 4) is 5.75 Å². The number of amides is 1. The highest BCUT2D eigenvalue weighted by atomic mass is 35.5. The lowest BCUT2D eigenvalue weighted by Gasteiger charge is -2.08. The predicted octanol–water partition coefficient (Wildman–Crippen LogP) is 3.40. The normalized spacial score (nSPS) is 10.6. The summed E-state index contributed by atoms with van der Waals surface area (Å²) < 4.78 is 5.08. The van der Waals surface area contributed by atoms with Crippen LogP contribution < -0.4 is 10.9 Å². The van der Waals surface area contributed by atoms with E-state index in [2.05, 4.69) is 5.32 Å². The van der Waals surface area contributed by atoms with Crippen LogP contribution in [0.2, 0.25) is 5.02 Å². The fourth-order valence-corrected chi connectivity index (χ4v) is 2.33. The summed E-state index contributed by atoms with van der Waals surface area (Å²) in [6, 6.07) is 13.0. The molecule has 0 atom stereocenters. The molecule has 22 heavy (non-hydrogen) atoms. The van der Waals surface area contributed by atoms with E-state index in [1.807, 2.05) is 0 Å². The van der Waals surface area contributed by atoms with Crippen molar-refractivity contribution in [2.24, 2.45) is 0 Å². The Balaban J connectivity index is 2.10. The second-order valence-corrected chi connectivity index (χ2v) is 4.95. The molecule has 3 aromatic rings. The minimum absolute atomic E-state index is 0.146. The van der Waals surface area contributed by atoms with Crippen molar-refractivity contribution in [3.63, 3.8) is 0 Å². The number of hydrogen-bond acceptors (Lipinski definition) is 4. The van der Waals surface area contributed by atoms with E-state index in [1.54, 1.807) is 42.5 Å². The van der Waals surface area contributed by atoms with E-state index < -0.39 is 17.3 Å². The van der Waals surface area contributed by atoms with Gasteiger partial charge in [-0.2, -0.15) is 0 Å². The van der Waals surface area contributed by atoms with E-state index in [4.69, 9.17) is 16.0 Å². The summed E-state index contributed by atoms with van der Waals surface area (Å²) in [5.41, 5.74) is -0.695. The summed E-state index contributed by atoms with van der Waals surface area (Å²) >= 11 is 6.01. The van der Waals surface area contributed by atoms with Crippen molar-refractivity contribution in [3.05, 3.63) is 69.5 Å². The van der Waals surface area contributed by atoms with Crippen LogP contribution in [0.15, 0.2) is 57.7 Å². The standard InChI is InChI=1S/C16H10ClNO4/c17-10-7-4-8-11-12(10)14(19)13(16(21)22-11)18-15(20)9-5-2-1-3-6-9/h1-8,19H,(H,18,20). The molecule has 1 amide bonds.